The molecule has 0 spiro atoms. The molecule has 0 atom stereocenters. The normalized spacial score (nSPS) is 11.0. The van der Waals surface area contributed by atoms with E-state index in [0.29, 0.717) is 28.5 Å². The lowest BCUT2D eigenvalue weighted by atomic mass is 10.2. The van der Waals surface area contributed by atoms with Gasteiger partial charge < -0.3 is 0 Å². The Hall–Kier alpha value is -2.20. The summed E-state index contributed by atoms with van der Waals surface area (Å²) in [7, 11) is 0. The lowest BCUT2D eigenvalue weighted by Gasteiger charge is -2.13. The molecule has 3 nitrogen and oxygen atoms in total. The molecule has 2 aromatic carbocycles. The monoisotopic (exact) mass is 302 g/mol. The summed E-state index contributed by atoms with van der Waals surface area (Å²) in [5.41, 5.74) is 0.727. The predicted octanol–water partition coefficient (Wildman–Crippen LogP) is 3.74. The van der Waals surface area contributed by atoms with Gasteiger partial charge in [-0.1, -0.05) is 30.7 Å². The van der Waals surface area contributed by atoms with Gasteiger partial charge >= 0.3 is 0 Å². The quantitative estimate of drug-likeness (QED) is 0.723. The largest absolute Gasteiger partial charge is 0.268 e. The number of nitrogens with zero attached hydrogens (tertiary/aromatic N) is 2. The van der Waals surface area contributed by atoms with Crippen molar-refractivity contribution in [1.82, 2.24) is 9.55 Å². The molecule has 0 bridgehead atoms. The van der Waals surface area contributed by atoms with Gasteiger partial charge in [0.1, 0.15) is 11.6 Å². The highest BCUT2D eigenvalue weighted by Crippen LogP contribution is 2.21. The van der Waals surface area contributed by atoms with Gasteiger partial charge in [-0.05, 0) is 30.3 Å². The third-order valence-corrected chi connectivity index (χ3v) is 3.63. The van der Waals surface area contributed by atoms with Crippen molar-refractivity contribution in [1.29, 1.82) is 0 Å². The van der Waals surface area contributed by atoms with Crippen LogP contribution in [0.15, 0.2) is 47.3 Å². The number of rotatable bonds is 2. The standard InChI is InChI=1S/C16H12ClFN2O/c1-2-15-19-13-8-7-10(18)9-11(13)16(21)20(15)14-6-4-3-5-12(14)17/h3-9H,2H2,1H3. The van der Waals surface area contributed by atoms with E-state index in [2.05, 4.69) is 4.98 Å². The first-order valence-corrected chi connectivity index (χ1v) is 6.95. The molecule has 3 aromatic rings. The summed E-state index contributed by atoms with van der Waals surface area (Å²) in [5, 5.41) is 0.693. The van der Waals surface area contributed by atoms with E-state index in [1.807, 2.05) is 6.92 Å². The third-order valence-electron chi connectivity index (χ3n) is 3.31. The molecule has 21 heavy (non-hydrogen) atoms. The van der Waals surface area contributed by atoms with Crippen molar-refractivity contribution >= 4 is 22.5 Å². The molecule has 5 heteroatoms. The molecular weight excluding hydrogens is 291 g/mol. The van der Waals surface area contributed by atoms with E-state index in [1.54, 1.807) is 24.3 Å². The van der Waals surface area contributed by atoms with Crippen LogP contribution in [0, 0.1) is 5.82 Å². The summed E-state index contributed by atoms with van der Waals surface area (Å²) in [6, 6.07) is 11.1. The first kappa shape index (κ1) is 13.8. The number of aryl methyl sites for hydroxylation is 1. The summed E-state index contributed by atoms with van der Waals surface area (Å²) < 4.78 is 14.9. The molecule has 1 heterocycles. The topological polar surface area (TPSA) is 34.9 Å². The van der Waals surface area contributed by atoms with Crippen LogP contribution >= 0.6 is 11.6 Å². The van der Waals surface area contributed by atoms with E-state index < -0.39 is 5.82 Å². The molecule has 0 saturated heterocycles. The van der Waals surface area contributed by atoms with Gasteiger partial charge in [-0.25, -0.2) is 9.37 Å². The first-order chi connectivity index (χ1) is 10.1. The zero-order valence-electron chi connectivity index (χ0n) is 11.3. The highest BCUT2D eigenvalue weighted by molar-refractivity contribution is 6.32. The molecular formula is C16H12ClFN2O. The van der Waals surface area contributed by atoms with Gasteiger partial charge in [0.15, 0.2) is 0 Å². The highest BCUT2D eigenvalue weighted by atomic mass is 35.5. The Morgan fingerprint density at radius 3 is 2.71 bits per heavy atom. The molecule has 1 aromatic heterocycles. The maximum absolute atomic E-state index is 13.4. The molecule has 106 valence electrons. The SMILES string of the molecule is CCc1nc2ccc(F)cc2c(=O)n1-c1ccccc1Cl. The summed E-state index contributed by atoms with van der Waals surface area (Å²) >= 11 is 6.18. The van der Waals surface area contributed by atoms with Crippen LogP contribution < -0.4 is 5.56 Å². The van der Waals surface area contributed by atoms with Crippen LogP contribution in [0.25, 0.3) is 16.6 Å². The first-order valence-electron chi connectivity index (χ1n) is 6.58. The number of benzene rings is 2. The summed E-state index contributed by atoms with van der Waals surface area (Å²) in [6.45, 7) is 1.91. The second-order valence-electron chi connectivity index (χ2n) is 4.64. The minimum absolute atomic E-state index is 0.243. The minimum atomic E-state index is -0.462. The van der Waals surface area contributed by atoms with Crippen LogP contribution in [-0.4, -0.2) is 9.55 Å². The van der Waals surface area contributed by atoms with Crippen molar-refractivity contribution in [2.75, 3.05) is 0 Å². The number of para-hydroxylation sites is 1. The number of hydrogen-bond acceptors (Lipinski definition) is 2. The van der Waals surface area contributed by atoms with E-state index >= 15 is 0 Å². The Labute approximate surface area is 125 Å². The zero-order valence-corrected chi connectivity index (χ0v) is 12.1. The van der Waals surface area contributed by atoms with Gasteiger partial charge in [-0.2, -0.15) is 0 Å². The fourth-order valence-corrected chi connectivity index (χ4v) is 2.54. The Bertz CT molecular complexity index is 889. The Morgan fingerprint density at radius 2 is 2.00 bits per heavy atom. The fourth-order valence-electron chi connectivity index (χ4n) is 2.32. The van der Waals surface area contributed by atoms with Crippen molar-refractivity contribution in [3.05, 3.63) is 69.5 Å². The van der Waals surface area contributed by atoms with Crippen molar-refractivity contribution in [2.45, 2.75) is 13.3 Å². The molecule has 0 saturated carbocycles. The van der Waals surface area contributed by atoms with E-state index in [9.17, 15) is 9.18 Å². The van der Waals surface area contributed by atoms with Crippen molar-refractivity contribution in [3.63, 3.8) is 0 Å². The second kappa shape index (κ2) is 5.30. The van der Waals surface area contributed by atoms with Gasteiger partial charge in [0.2, 0.25) is 0 Å². The van der Waals surface area contributed by atoms with Crippen LogP contribution in [0.3, 0.4) is 0 Å². The maximum Gasteiger partial charge on any atom is 0.266 e. The third kappa shape index (κ3) is 2.32. The molecule has 0 aliphatic heterocycles. The molecule has 0 fully saturated rings. The summed E-state index contributed by atoms with van der Waals surface area (Å²) in [5.74, 6) is 0.128. The Kier molecular flexibility index (Phi) is 3.47. The summed E-state index contributed by atoms with van der Waals surface area (Å²) in [4.78, 5) is 17.2. The van der Waals surface area contributed by atoms with E-state index in [0.717, 1.165) is 0 Å². The van der Waals surface area contributed by atoms with E-state index in [-0.39, 0.29) is 10.9 Å². The number of halogens is 2. The number of fused-ring (bicyclic) bond motifs is 1. The van der Waals surface area contributed by atoms with Gasteiger partial charge in [-0.3, -0.25) is 9.36 Å². The maximum atomic E-state index is 13.4. The molecule has 0 aliphatic rings. The zero-order chi connectivity index (χ0) is 15.0. The Balaban J connectivity index is 2.44. The van der Waals surface area contributed by atoms with E-state index in [1.165, 1.54) is 22.8 Å². The van der Waals surface area contributed by atoms with Crippen molar-refractivity contribution in [3.8, 4) is 5.69 Å². The highest BCUT2D eigenvalue weighted by Gasteiger charge is 2.14. The molecule has 0 radical (unpaired) electrons. The van der Waals surface area contributed by atoms with E-state index in [4.69, 9.17) is 11.6 Å². The molecule has 0 aliphatic carbocycles. The smallest absolute Gasteiger partial charge is 0.266 e. The molecule has 0 unspecified atom stereocenters. The van der Waals surface area contributed by atoms with Gasteiger partial charge in [0.25, 0.3) is 5.56 Å². The van der Waals surface area contributed by atoms with Crippen molar-refractivity contribution < 1.29 is 4.39 Å². The van der Waals surface area contributed by atoms with Crippen molar-refractivity contribution in [2.24, 2.45) is 0 Å². The van der Waals surface area contributed by atoms with Crippen LogP contribution in [0.2, 0.25) is 5.02 Å². The average molecular weight is 303 g/mol. The summed E-state index contributed by atoms with van der Waals surface area (Å²) in [6.07, 6.45) is 0.563. The lowest BCUT2D eigenvalue weighted by molar-refractivity contribution is 0.629. The predicted molar refractivity (Wildman–Crippen MR) is 81.7 cm³/mol. The Morgan fingerprint density at radius 1 is 1.24 bits per heavy atom. The minimum Gasteiger partial charge on any atom is -0.268 e. The van der Waals surface area contributed by atoms with Gasteiger partial charge in [0, 0.05) is 6.42 Å². The number of hydrogen-bond donors (Lipinski definition) is 0. The van der Waals surface area contributed by atoms with Gasteiger partial charge in [0.05, 0.1) is 21.6 Å². The number of aromatic nitrogens is 2. The lowest BCUT2D eigenvalue weighted by Crippen LogP contribution is -2.24. The molecule has 3 rings (SSSR count). The molecule has 0 amide bonds. The van der Waals surface area contributed by atoms with Crippen LogP contribution in [0.5, 0.6) is 0 Å². The fraction of sp³-hybridized carbons (Fsp3) is 0.125. The van der Waals surface area contributed by atoms with Crippen LogP contribution in [-0.2, 0) is 6.42 Å². The average Bonchev–Trinajstić information content (AvgIpc) is 2.49. The van der Waals surface area contributed by atoms with Crippen LogP contribution in [0.4, 0.5) is 4.39 Å². The van der Waals surface area contributed by atoms with Gasteiger partial charge in [-0.15, -0.1) is 0 Å². The van der Waals surface area contributed by atoms with Crippen LogP contribution in [0.1, 0.15) is 12.7 Å². The second-order valence-corrected chi connectivity index (χ2v) is 5.04. The molecule has 0 N–H and O–H groups in total.